The number of ether oxygens (including phenoxy) is 2. The molecule has 0 spiro atoms. The molecule has 3 aromatic rings. The summed E-state index contributed by atoms with van der Waals surface area (Å²) in [7, 11) is 2.91. The van der Waals surface area contributed by atoms with Crippen molar-refractivity contribution in [1.29, 1.82) is 5.53 Å². The summed E-state index contributed by atoms with van der Waals surface area (Å²) in [5, 5.41) is 6.65. The summed E-state index contributed by atoms with van der Waals surface area (Å²) in [6.07, 6.45) is 1.18. The maximum absolute atomic E-state index is 13.1. The van der Waals surface area contributed by atoms with Crippen molar-refractivity contribution in [2.24, 2.45) is 5.22 Å². The van der Waals surface area contributed by atoms with Crippen LogP contribution in [0.2, 0.25) is 0 Å². The maximum atomic E-state index is 13.1. The van der Waals surface area contributed by atoms with Gasteiger partial charge in [-0.15, -0.1) is 0 Å². The first-order chi connectivity index (χ1) is 14.9. The molecule has 2 amide bonds. The molecule has 0 fully saturated rings. The minimum absolute atomic E-state index is 0.135. The van der Waals surface area contributed by atoms with Gasteiger partial charge in [0.2, 0.25) is 0 Å². The molecule has 0 aliphatic rings. The van der Waals surface area contributed by atoms with E-state index in [1.165, 1.54) is 26.4 Å². The largest absolute Gasteiger partial charge is 0.496 e. The second-order valence-corrected chi connectivity index (χ2v) is 6.67. The van der Waals surface area contributed by atoms with Crippen LogP contribution < -0.4 is 14.8 Å². The van der Waals surface area contributed by atoms with Crippen molar-refractivity contribution in [2.75, 3.05) is 19.5 Å². The topological polar surface area (TPSA) is 99.9 Å². The highest BCUT2D eigenvalue weighted by Gasteiger charge is 2.15. The lowest BCUT2D eigenvalue weighted by Gasteiger charge is -2.18. The third-order valence-electron chi connectivity index (χ3n) is 4.61. The van der Waals surface area contributed by atoms with Gasteiger partial charge in [0.25, 0.3) is 0 Å². The summed E-state index contributed by atoms with van der Waals surface area (Å²) in [5.41, 5.74) is 10.5. The Bertz CT molecular complexity index is 1090. The quantitative estimate of drug-likeness (QED) is 0.403. The SMILES string of the molecule is COc1cccc(NC(=O)N(C)N=N)c1COc1ccc(-c2ccc(F)cn2)cc1C. The number of aromatic nitrogens is 1. The number of carbonyl (C=O) groups is 1. The molecule has 0 radical (unpaired) electrons. The average molecular weight is 423 g/mol. The van der Waals surface area contributed by atoms with E-state index in [4.69, 9.17) is 15.0 Å². The van der Waals surface area contributed by atoms with Crippen molar-refractivity contribution in [3.63, 3.8) is 0 Å². The number of nitrogens with zero attached hydrogens (tertiary/aromatic N) is 3. The molecule has 3 rings (SSSR count). The van der Waals surface area contributed by atoms with E-state index in [-0.39, 0.29) is 12.4 Å². The lowest BCUT2D eigenvalue weighted by Crippen LogP contribution is -2.26. The number of nitrogens with one attached hydrogen (secondary N) is 2. The summed E-state index contributed by atoms with van der Waals surface area (Å²) in [6.45, 7) is 2.04. The van der Waals surface area contributed by atoms with Gasteiger partial charge in [-0.05, 0) is 55.0 Å². The van der Waals surface area contributed by atoms with Gasteiger partial charge in [0.15, 0.2) is 0 Å². The van der Waals surface area contributed by atoms with Crippen LogP contribution in [0, 0.1) is 18.3 Å². The minimum Gasteiger partial charge on any atom is -0.496 e. The summed E-state index contributed by atoms with van der Waals surface area (Å²) >= 11 is 0. The highest BCUT2D eigenvalue weighted by molar-refractivity contribution is 5.90. The summed E-state index contributed by atoms with van der Waals surface area (Å²) in [5.74, 6) is 0.808. The molecule has 2 N–H and O–H groups in total. The normalized spacial score (nSPS) is 10.3. The molecule has 0 aliphatic carbocycles. The van der Waals surface area contributed by atoms with Crippen LogP contribution in [0.15, 0.2) is 60.0 Å². The highest BCUT2D eigenvalue weighted by Crippen LogP contribution is 2.30. The van der Waals surface area contributed by atoms with Crippen molar-refractivity contribution in [3.05, 3.63) is 71.7 Å². The maximum Gasteiger partial charge on any atom is 0.343 e. The molecule has 0 aliphatic heterocycles. The number of aryl methyl sites for hydroxylation is 1. The Morgan fingerprint density at radius 3 is 2.68 bits per heavy atom. The summed E-state index contributed by atoms with van der Waals surface area (Å²) in [6, 6.07) is 13.2. The van der Waals surface area contributed by atoms with Crippen molar-refractivity contribution in [2.45, 2.75) is 13.5 Å². The van der Waals surface area contributed by atoms with Crippen LogP contribution in [0.1, 0.15) is 11.1 Å². The number of methoxy groups -OCH3 is 1. The van der Waals surface area contributed by atoms with E-state index in [9.17, 15) is 9.18 Å². The molecule has 0 saturated heterocycles. The lowest BCUT2D eigenvalue weighted by molar-refractivity contribution is 0.220. The third kappa shape index (κ3) is 5.13. The molecule has 0 atom stereocenters. The Kier molecular flexibility index (Phi) is 6.76. The number of urea groups is 1. The van der Waals surface area contributed by atoms with Crippen molar-refractivity contribution < 1.29 is 18.7 Å². The molecule has 2 aromatic carbocycles. The van der Waals surface area contributed by atoms with Crippen LogP contribution in [0.3, 0.4) is 0 Å². The summed E-state index contributed by atoms with van der Waals surface area (Å²) < 4.78 is 24.5. The third-order valence-corrected chi connectivity index (χ3v) is 4.61. The first kappa shape index (κ1) is 21.7. The molecule has 0 bridgehead atoms. The highest BCUT2D eigenvalue weighted by atomic mass is 19.1. The zero-order chi connectivity index (χ0) is 22.4. The smallest absolute Gasteiger partial charge is 0.343 e. The Morgan fingerprint density at radius 1 is 1.23 bits per heavy atom. The molecule has 9 heteroatoms. The van der Waals surface area contributed by atoms with E-state index in [1.54, 1.807) is 24.3 Å². The standard InChI is InChI=1S/C22H22FN5O3/c1-14-11-15(18-9-8-16(23)12-25-18)7-10-20(14)31-13-17-19(5-4-6-21(17)30-3)26-22(29)28(2)27-24/h4-12,24H,13H2,1-3H3,(H,26,29). The molecule has 0 unspecified atom stereocenters. The molecule has 31 heavy (non-hydrogen) atoms. The van der Waals surface area contributed by atoms with Crippen LogP contribution in [0.4, 0.5) is 14.9 Å². The fourth-order valence-electron chi connectivity index (χ4n) is 2.93. The van der Waals surface area contributed by atoms with Crippen molar-refractivity contribution >= 4 is 11.7 Å². The van der Waals surface area contributed by atoms with Gasteiger partial charge in [-0.3, -0.25) is 4.98 Å². The van der Waals surface area contributed by atoms with Crippen molar-refractivity contribution in [3.8, 4) is 22.8 Å². The molecular formula is C22H22FN5O3. The second kappa shape index (κ2) is 9.66. The average Bonchev–Trinajstić information content (AvgIpc) is 2.78. The first-order valence-corrected chi connectivity index (χ1v) is 9.36. The predicted molar refractivity (Wildman–Crippen MR) is 114 cm³/mol. The van der Waals surface area contributed by atoms with Crippen LogP contribution in [-0.4, -0.2) is 30.2 Å². The lowest BCUT2D eigenvalue weighted by atomic mass is 10.1. The van der Waals surface area contributed by atoms with E-state index >= 15 is 0 Å². The number of hydrogen-bond acceptors (Lipinski definition) is 6. The zero-order valence-corrected chi connectivity index (χ0v) is 17.3. The van der Waals surface area contributed by atoms with Gasteiger partial charge in [-0.2, -0.15) is 10.5 Å². The number of benzene rings is 2. The predicted octanol–water partition coefficient (Wildman–Crippen LogP) is 5.19. The van der Waals surface area contributed by atoms with Gasteiger partial charge in [0.1, 0.15) is 23.9 Å². The number of pyridine rings is 1. The fourth-order valence-corrected chi connectivity index (χ4v) is 2.93. The fraction of sp³-hybridized carbons (Fsp3) is 0.182. The Balaban J connectivity index is 1.81. The van der Waals surface area contributed by atoms with Crippen molar-refractivity contribution in [1.82, 2.24) is 9.99 Å². The van der Waals surface area contributed by atoms with E-state index in [0.29, 0.717) is 28.4 Å². The summed E-state index contributed by atoms with van der Waals surface area (Å²) in [4.78, 5) is 16.2. The van der Waals surface area contributed by atoms with Gasteiger partial charge >= 0.3 is 6.03 Å². The molecule has 160 valence electrons. The number of carbonyl (C=O) groups excluding carboxylic acids is 1. The first-order valence-electron chi connectivity index (χ1n) is 9.36. The molecular weight excluding hydrogens is 401 g/mol. The Hall–Kier alpha value is -4.01. The van der Waals surface area contributed by atoms with E-state index < -0.39 is 6.03 Å². The molecule has 0 saturated carbocycles. The van der Waals surface area contributed by atoms with E-state index in [1.807, 2.05) is 25.1 Å². The van der Waals surface area contributed by atoms with Crippen LogP contribution >= 0.6 is 0 Å². The molecule has 8 nitrogen and oxygen atoms in total. The van der Waals surface area contributed by atoms with Crippen LogP contribution in [0.25, 0.3) is 11.3 Å². The zero-order valence-electron chi connectivity index (χ0n) is 17.3. The number of anilines is 1. The molecule has 1 aromatic heterocycles. The Labute approximate surface area is 179 Å². The second-order valence-electron chi connectivity index (χ2n) is 6.67. The van der Waals surface area contributed by atoms with E-state index in [0.717, 1.165) is 16.1 Å². The van der Waals surface area contributed by atoms with Gasteiger partial charge in [0.05, 0.1) is 30.3 Å². The Morgan fingerprint density at radius 2 is 2.03 bits per heavy atom. The van der Waals surface area contributed by atoms with Gasteiger partial charge in [0, 0.05) is 12.6 Å². The number of amides is 2. The minimum atomic E-state index is -0.558. The van der Waals surface area contributed by atoms with Gasteiger partial charge in [-0.1, -0.05) is 11.3 Å². The number of hydrogen-bond donors (Lipinski definition) is 2. The number of halogens is 1. The van der Waals surface area contributed by atoms with Gasteiger partial charge < -0.3 is 14.8 Å². The monoisotopic (exact) mass is 423 g/mol. The molecule has 1 heterocycles. The van der Waals surface area contributed by atoms with Crippen LogP contribution in [0.5, 0.6) is 11.5 Å². The number of rotatable bonds is 7. The van der Waals surface area contributed by atoms with Gasteiger partial charge in [-0.25, -0.2) is 9.18 Å². The van der Waals surface area contributed by atoms with E-state index in [2.05, 4.69) is 15.5 Å². The van der Waals surface area contributed by atoms with Crippen LogP contribution in [-0.2, 0) is 6.61 Å².